The Kier molecular flexibility index (Phi) is 13.1. The van der Waals surface area contributed by atoms with Crippen LogP contribution in [0.1, 0.15) is 88.6 Å². The molecule has 2 amide bonds. The number of aromatic nitrogens is 3. The third-order valence-corrected chi connectivity index (χ3v) is 8.05. The number of fused-ring (bicyclic) bond motifs is 1. The van der Waals surface area contributed by atoms with Gasteiger partial charge in [-0.1, -0.05) is 32.9 Å². The molecule has 1 aromatic carbocycles. The van der Waals surface area contributed by atoms with Crippen LogP contribution >= 0.6 is 0 Å². The van der Waals surface area contributed by atoms with Crippen molar-refractivity contribution >= 4 is 40.6 Å². The predicted molar refractivity (Wildman–Crippen MR) is 181 cm³/mol. The van der Waals surface area contributed by atoms with Gasteiger partial charge in [-0.15, -0.1) is 0 Å². The van der Waals surface area contributed by atoms with Crippen molar-refractivity contribution < 1.29 is 38.1 Å². The molecule has 2 aromatic heterocycles. The van der Waals surface area contributed by atoms with Gasteiger partial charge in [-0.3, -0.25) is 23.7 Å². The Hall–Kier alpha value is -4.56. The maximum absolute atomic E-state index is 13.6. The third kappa shape index (κ3) is 10.5. The van der Waals surface area contributed by atoms with E-state index >= 15 is 0 Å². The van der Waals surface area contributed by atoms with E-state index in [9.17, 15) is 24.0 Å². The molecule has 2 unspecified atom stereocenters. The highest BCUT2D eigenvalue weighted by Crippen LogP contribution is 2.24. The second kappa shape index (κ2) is 17.2. The Labute approximate surface area is 285 Å². The van der Waals surface area contributed by atoms with Gasteiger partial charge in [0.05, 0.1) is 31.5 Å². The van der Waals surface area contributed by atoms with Gasteiger partial charge in [0.2, 0.25) is 5.91 Å². The number of hydrogen-bond donors (Lipinski definition) is 3. The fourth-order valence-electron chi connectivity index (χ4n) is 5.24. The summed E-state index contributed by atoms with van der Waals surface area (Å²) in [5.74, 6) is -1.76. The number of esters is 2. The number of nitrogens with zero attached hydrogens (tertiary/aromatic N) is 2. The Morgan fingerprint density at radius 3 is 2.47 bits per heavy atom. The number of H-pyrrole nitrogens is 1. The first kappa shape index (κ1) is 37.3. The van der Waals surface area contributed by atoms with E-state index in [0.717, 1.165) is 24.8 Å². The number of aromatic amines is 1. The molecule has 3 N–H and O–H groups in total. The first-order valence-electron chi connectivity index (χ1n) is 16.8. The van der Waals surface area contributed by atoms with Crippen LogP contribution in [-0.4, -0.2) is 77.0 Å². The fourth-order valence-corrected chi connectivity index (χ4v) is 5.24. The molecule has 1 fully saturated rings. The van der Waals surface area contributed by atoms with Gasteiger partial charge in [-0.2, -0.15) is 0 Å². The van der Waals surface area contributed by atoms with Gasteiger partial charge in [-0.25, -0.2) is 9.78 Å². The molecule has 266 valence electrons. The summed E-state index contributed by atoms with van der Waals surface area (Å²) >= 11 is 0. The van der Waals surface area contributed by atoms with E-state index in [2.05, 4.69) is 20.6 Å². The van der Waals surface area contributed by atoms with Gasteiger partial charge in [0.15, 0.2) is 6.29 Å². The lowest BCUT2D eigenvalue weighted by Gasteiger charge is -2.26. The van der Waals surface area contributed by atoms with Crippen molar-refractivity contribution in [3.05, 3.63) is 58.1 Å². The number of benzene rings is 1. The summed E-state index contributed by atoms with van der Waals surface area (Å²) in [6.45, 7) is 10.1. The van der Waals surface area contributed by atoms with Crippen LogP contribution in [0.15, 0.2) is 41.5 Å². The van der Waals surface area contributed by atoms with Crippen molar-refractivity contribution in [3.8, 4) is 0 Å². The summed E-state index contributed by atoms with van der Waals surface area (Å²) < 4.78 is 23.5. The molecule has 0 aliphatic carbocycles. The summed E-state index contributed by atoms with van der Waals surface area (Å²) in [5.41, 5.74) is 0.536. The van der Waals surface area contributed by atoms with Crippen LogP contribution in [0, 0.1) is 5.41 Å². The lowest BCUT2D eigenvalue weighted by molar-refractivity contribution is -0.165. The molecule has 4 rings (SSSR count). The van der Waals surface area contributed by atoms with Crippen molar-refractivity contribution in [2.45, 2.75) is 91.5 Å². The van der Waals surface area contributed by atoms with Crippen molar-refractivity contribution in [2.24, 2.45) is 5.41 Å². The van der Waals surface area contributed by atoms with Gasteiger partial charge in [0.1, 0.15) is 17.5 Å². The molecule has 0 bridgehead atoms. The molecule has 14 nitrogen and oxygen atoms in total. The van der Waals surface area contributed by atoms with Crippen molar-refractivity contribution in [3.63, 3.8) is 0 Å². The normalized spacial score (nSPS) is 16.1. The molecule has 1 aliphatic rings. The molecule has 0 radical (unpaired) electrons. The molecule has 3 atom stereocenters. The summed E-state index contributed by atoms with van der Waals surface area (Å²) in [5, 5.41) is 5.80. The second-order valence-electron chi connectivity index (χ2n) is 12.9. The SMILES string of the molecule is CCOC(=O)CC[C@H](NC(=O)c1ccc(C(COC2CCCCO2)Cn2cnc3[nH]c(NC(=O)C(C)(C)C)cc3c2=O)cc1)C(=O)OCC. The minimum absolute atomic E-state index is 0.0306. The first-order chi connectivity index (χ1) is 23.4. The van der Waals surface area contributed by atoms with Gasteiger partial charge < -0.3 is 34.6 Å². The standard InChI is InChI=1S/C35H47N5O9/c1-6-46-28(41)16-15-26(33(44)47-7-2)37-31(42)23-13-11-22(12-14-23)24(20-49-29-10-8-9-17-48-29)19-40-21-36-30-25(32(40)43)18-27(38-30)39-34(45)35(3,4)5/h11-14,18,21,24,26,29,38H,6-10,15-17,19-20H2,1-5H3,(H,37,42)(H,39,45)/t24?,26-,29?/m0/s1. The van der Waals surface area contributed by atoms with E-state index in [-0.39, 0.29) is 62.9 Å². The Balaban J connectivity index is 1.53. The largest absolute Gasteiger partial charge is 0.466 e. The molecule has 3 aromatic rings. The maximum atomic E-state index is 13.6. The summed E-state index contributed by atoms with van der Waals surface area (Å²) in [6.07, 6.45) is 3.81. The third-order valence-electron chi connectivity index (χ3n) is 8.05. The smallest absolute Gasteiger partial charge is 0.328 e. The monoisotopic (exact) mass is 681 g/mol. The number of rotatable bonds is 15. The Bertz CT molecular complexity index is 1650. The van der Waals surface area contributed by atoms with Crippen molar-refractivity contribution in [2.75, 3.05) is 31.7 Å². The highest BCUT2D eigenvalue weighted by Gasteiger charge is 2.26. The number of carbonyl (C=O) groups excluding carboxylic acids is 4. The number of nitrogens with one attached hydrogen (secondary N) is 3. The van der Waals surface area contributed by atoms with E-state index in [1.807, 2.05) is 0 Å². The van der Waals surface area contributed by atoms with Crippen molar-refractivity contribution in [1.82, 2.24) is 19.9 Å². The molecular weight excluding hydrogens is 634 g/mol. The fraction of sp³-hybridized carbons (Fsp3) is 0.543. The van der Waals surface area contributed by atoms with Gasteiger partial charge in [-0.05, 0) is 63.3 Å². The highest BCUT2D eigenvalue weighted by atomic mass is 16.7. The van der Waals surface area contributed by atoms with Crippen LogP contribution in [0.2, 0.25) is 0 Å². The zero-order valence-corrected chi connectivity index (χ0v) is 28.8. The summed E-state index contributed by atoms with van der Waals surface area (Å²) in [6, 6.07) is 7.35. The van der Waals surface area contributed by atoms with Gasteiger partial charge in [0.25, 0.3) is 11.5 Å². The first-order valence-corrected chi connectivity index (χ1v) is 16.8. The van der Waals surface area contributed by atoms with Gasteiger partial charge >= 0.3 is 11.9 Å². The predicted octanol–water partition coefficient (Wildman–Crippen LogP) is 4.04. The second-order valence-corrected chi connectivity index (χ2v) is 12.9. The summed E-state index contributed by atoms with van der Waals surface area (Å²) in [4.78, 5) is 71.1. The van der Waals surface area contributed by atoms with Crippen LogP contribution in [0.3, 0.4) is 0 Å². The molecule has 49 heavy (non-hydrogen) atoms. The van der Waals surface area contributed by atoms with Crippen LogP contribution in [0.5, 0.6) is 0 Å². The molecule has 0 spiro atoms. The lowest BCUT2D eigenvalue weighted by Crippen LogP contribution is -2.42. The minimum atomic E-state index is -1.03. The molecule has 0 saturated carbocycles. The number of amides is 2. The average molecular weight is 682 g/mol. The van der Waals surface area contributed by atoms with Crippen LogP contribution < -0.4 is 16.2 Å². The molecule has 3 heterocycles. The van der Waals surface area contributed by atoms with E-state index in [1.165, 1.54) is 10.9 Å². The quantitative estimate of drug-likeness (QED) is 0.198. The molecule has 14 heteroatoms. The molecule has 1 saturated heterocycles. The molecular formula is C35H47N5O9. The molecule has 1 aliphatic heterocycles. The van der Waals surface area contributed by atoms with Crippen LogP contribution in [0.4, 0.5) is 5.82 Å². The number of anilines is 1. The Morgan fingerprint density at radius 2 is 1.82 bits per heavy atom. The topological polar surface area (TPSA) is 180 Å². The van der Waals surface area contributed by atoms with E-state index in [1.54, 1.807) is 65.0 Å². The average Bonchev–Trinajstić information content (AvgIpc) is 3.49. The van der Waals surface area contributed by atoms with Gasteiger partial charge in [0, 0.05) is 36.5 Å². The lowest BCUT2D eigenvalue weighted by atomic mass is 9.96. The van der Waals surface area contributed by atoms with Crippen LogP contribution in [-0.2, 0) is 39.9 Å². The van der Waals surface area contributed by atoms with E-state index in [0.29, 0.717) is 29.0 Å². The maximum Gasteiger partial charge on any atom is 0.328 e. The minimum Gasteiger partial charge on any atom is -0.466 e. The number of ether oxygens (including phenoxy) is 4. The van der Waals surface area contributed by atoms with E-state index < -0.39 is 29.3 Å². The zero-order chi connectivity index (χ0) is 35.6. The van der Waals surface area contributed by atoms with Crippen LogP contribution in [0.25, 0.3) is 11.0 Å². The van der Waals surface area contributed by atoms with E-state index in [4.69, 9.17) is 18.9 Å². The summed E-state index contributed by atoms with van der Waals surface area (Å²) in [7, 11) is 0. The number of hydrogen-bond acceptors (Lipinski definition) is 10. The van der Waals surface area contributed by atoms with Crippen molar-refractivity contribution in [1.29, 1.82) is 0 Å². The highest BCUT2D eigenvalue weighted by molar-refractivity contribution is 5.97. The number of carbonyl (C=O) groups is 4. The Morgan fingerprint density at radius 1 is 1.08 bits per heavy atom. The zero-order valence-electron chi connectivity index (χ0n) is 28.8.